The van der Waals surface area contributed by atoms with E-state index in [0.717, 1.165) is 24.7 Å². The molecule has 0 radical (unpaired) electrons. The van der Waals surface area contributed by atoms with E-state index >= 15 is 0 Å². The predicted molar refractivity (Wildman–Crippen MR) is 46.8 cm³/mol. The van der Waals surface area contributed by atoms with Crippen LogP contribution in [0.5, 0.6) is 0 Å². The Bertz CT molecular complexity index is 240. The fraction of sp³-hybridized carbons (Fsp3) is 0.600. The molecule has 0 heterocycles. The van der Waals surface area contributed by atoms with Gasteiger partial charge in [0.2, 0.25) is 0 Å². The average molecular weight is 166 g/mol. The molecule has 66 valence electrons. The van der Waals surface area contributed by atoms with E-state index < -0.39 is 0 Å². The van der Waals surface area contributed by atoms with Gasteiger partial charge in [-0.05, 0) is 25.8 Å². The number of hydrogen-bond acceptors (Lipinski definition) is 2. The van der Waals surface area contributed by atoms with Crippen LogP contribution < -0.4 is 0 Å². The van der Waals surface area contributed by atoms with Gasteiger partial charge in [-0.25, -0.2) is 0 Å². The monoisotopic (exact) mass is 166 g/mol. The van der Waals surface area contributed by atoms with E-state index in [0.29, 0.717) is 6.42 Å². The fourth-order valence-corrected chi connectivity index (χ4v) is 1.75. The molecule has 1 fully saturated rings. The maximum atomic E-state index is 11.5. The number of carbonyl (C=O) groups excluding carboxylic acids is 2. The number of ketones is 1. The predicted octanol–water partition coefficient (Wildman–Crippen LogP) is 1.89. The zero-order chi connectivity index (χ0) is 9.19. The van der Waals surface area contributed by atoms with Gasteiger partial charge in [0.15, 0.2) is 0 Å². The first-order valence-corrected chi connectivity index (χ1v) is 4.33. The van der Waals surface area contributed by atoms with Crippen molar-refractivity contribution < 1.29 is 9.59 Å². The van der Waals surface area contributed by atoms with Gasteiger partial charge in [-0.3, -0.25) is 9.59 Å². The molecule has 1 aliphatic carbocycles. The minimum absolute atomic E-state index is 0.276. The van der Waals surface area contributed by atoms with Crippen LogP contribution in [0.2, 0.25) is 0 Å². The summed E-state index contributed by atoms with van der Waals surface area (Å²) < 4.78 is 0. The second-order valence-corrected chi connectivity index (χ2v) is 3.44. The second kappa shape index (κ2) is 3.21. The van der Waals surface area contributed by atoms with Crippen LogP contribution in [0, 0.1) is 5.41 Å². The number of hydrogen-bond donors (Lipinski definition) is 0. The van der Waals surface area contributed by atoms with Crippen molar-refractivity contribution in [1.82, 2.24) is 0 Å². The molecule has 2 heteroatoms. The highest BCUT2D eigenvalue weighted by atomic mass is 16.1. The van der Waals surface area contributed by atoms with Crippen molar-refractivity contribution in [2.75, 3.05) is 0 Å². The first kappa shape index (κ1) is 9.17. The van der Waals surface area contributed by atoms with Crippen molar-refractivity contribution in [3.8, 4) is 0 Å². The molecule has 0 aromatic carbocycles. The van der Waals surface area contributed by atoms with Crippen molar-refractivity contribution in [3.05, 3.63) is 11.6 Å². The molecule has 1 atom stereocenters. The normalized spacial score (nSPS) is 32.8. The molecule has 0 aliphatic heterocycles. The molecule has 1 rings (SSSR count). The van der Waals surface area contributed by atoms with E-state index in [4.69, 9.17) is 0 Å². The van der Waals surface area contributed by atoms with Crippen LogP contribution >= 0.6 is 0 Å². The number of aldehydes is 1. The lowest BCUT2D eigenvalue weighted by molar-refractivity contribution is -0.124. The van der Waals surface area contributed by atoms with Crippen LogP contribution in [0.4, 0.5) is 0 Å². The van der Waals surface area contributed by atoms with Crippen LogP contribution in [-0.2, 0) is 9.59 Å². The van der Waals surface area contributed by atoms with Gasteiger partial charge >= 0.3 is 0 Å². The molecule has 0 aromatic rings. The number of rotatable bonds is 2. The van der Waals surface area contributed by atoms with Gasteiger partial charge in [0.25, 0.3) is 0 Å². The van der Waals surface area contributed by atoms with Crippen LogP contribution in [-0.4, -0.2) is 12.1 Å². The van der Waals surface area contributed by atoms with Crippen LogP contribution in [0.25, 0.3) is 0 Å². The quantitative estimate of drug-likeness (QED) is 0.463. The van der Waals surface area contributed by atoms with Crippen LogP contribution in [0.15, 0.2) is 11.6 Å². The summed E-state index contributed by atoms with van der Waals surface area (Å²) in [6, 6.07) is 0. The van der Waals surface area contributed by atoms with E-state index in [1.165, 1.54) is 0 Å². The van der Waals surface area contributed by atoms with E-state index in [2.05, 4.69) is 0 Å². The van der Waals surface area contributed by atoms with Crippen molar-refractivity contribution in [2.45, 2.75) is 33.1 Å². The van der Waals surface area contributed by atoms with Gasteiger partial charge < -0.3 is 0 Å². The summed E-state index contributed by atoms with van der Waals surface area (Å²) in [6.45, 7) is 3.92. The van der Waals surface area contributed by atoms with Gasteiger partial charge in [0, 0.05) is 11.8 Å². The minimum atomic E-state index is -0.346. The van der Waals surface area contributed by atoms with E-state index in [1.807, 2.05) is 13.8 Å². The molecule has 0 spiro atoms. The van der Waals surface area contributed by atoms with E-state index in [1.54, 1.807) is 6.08 Å². The largest absolute Gasteiger partial charge is 0.299 e. The molecule has 0 aromatic heterocycles. The molecule has 0 saturated heterocycles. The maximum Gasteiger partial charge on any atom is 0.143 e. The maximum absolute atomic E-state index is 11.5. The third-order valence-corrected chi connectivity index (χ3v) is 2.92. The molecular formula is C10H14O2. The van der Waals surface area contributed by atoms with Gasteiger partial charge in [-0.2, -0.15) is 0 Å². The highest BCUT2D eigenvalue weighted by Crippen LogP contribution is 2.41. The van der Waals surface area contributed by atoms with Crippen LogP contribution in [0.3, 0.4) is 0 Å². The smallest absolute Gasteiger partial charge is 0.143 e. The van der Waals surface area contributed by atoms with Gasteiger partial charge in [0.1, 0.15) is 12.1 Å². The minimum Gasteiger partial charge on any atom is -0.299 e. The third kappa shape index (κ3) is 1.22. The second-order valence-electron chi connectivity index (χ2n) is 3.44. The number of allylic oxidation sites excluding steroid dienone is 2. The average Bonchev–Trinajstić information content (AvgIpc) is 2.34. The standard InChI is InChI=1S/C10H14O2/c1-3-10(2)8(6-7-11)4-5-9(10)12/h6-7H,3-5H2,1-2H3/b8-6-. The molecule has 2 nitrogen and oxygen atoms in total. The molecule has 12 heavy (non-hydrogen) atoms. The molecular weight excluding hydrogens is 152 g/mol. The van der Waals surface area contributed by atoms with Crippen LogP contribution in [0.1, 0.15) is 33.1 Å². The molecule has 0 bridgehead atoms. The molecule has 1 aliphatic rings. The summed E-state index contributed by atoms with van der Waals surface area (Å²) in [5.41, 5.74) is 0.658. The first-order valence-electron chi connectivity index (χ1n) is 4.33. The summed E-state index contributed by atoms with van der Waals surface area (Å²) in [7, 11) is 0. The Kier molecular flexibility index (Phi) is 2.46. The molecule has 1 unspecified atom stereocenters. The highest BCUT2D eigenvalue weighted by Gasteiger charge is 2.39. The lowest BCUT2D eigenvalue weighted by Gasteiger charge is -2.21. The molecule has 0 N–H and O–H groups in total. The zero-order valence-corrected chi connectivity index (χ0v) is 7.59. The first-order chi connectivity index (χ1) is 5.65. The molecule has 1 saturated carbocycles. The summed E-state index contributed by atoms with van der Waals surface area (Å²) in [6.07, 6.45) is 4.49. The Labute approximate surface area is 72.7 Å². The third-order valence-electron chi connectivity index (χ3n) is 2.92. The van der Waals surface area contributed by atoms with E-state index in [-0.39, 0.29) is 11.2 Å². The Morgan fingerprint density at radius 2 is 2.17 bits per heavy atom. The van der Waals surface area contributed by atoms with Gasteiger partial charge in [-0.1, -0.05) is 12.5 Å². The Balaban J connectivity index is 2.99. The lowest BCUT2D eigenvalue weighted by Crippen LogP contribution is -2.22. The SMILES string of the molecule is CCC1(C)C(=O)CC/C1=C/C=O. The molecule has 0 amide bonds. The van der Waals surface area contributed by atoms with Crippen molar-refractivity contribution >= 4 is 12.1 Å². The highest BCUT2D eigenvalue weighted by molar-refractivity contribution is 5.92. The summed E-state index contributed by atoms with van der Waals surface area (Å²) in [5, 5.41) is 0. The van der Waals surface area contributed by atoms with Gasteiger partial charge in [-0.15, -0.1) is 0 Å². The number of carbonyl (C=O) groups is 2. The fourth-order valence-electron chi connectivity index (χ4n) is 1.75. The Morgan fingerprint density at radius 3 is 2.67 bits per heavy atom. The Hall–Kier alpha value is -0.920. The van der Waals surface area contributed by atoms with Gasteiger partial charge in [0.05, 0.1) is 0 Å². The van der Waals surface area contributed by atoms with Crippen molar-refractivity contribution in [3.63, 3.8) is 0 Å². The summed E-state index contributed by atoms with van der Waals surface area (Å²) >= 11 is 0. The lowest BCUT2D eigenvalue weighted by atomic mass is 9.81. The van der Waals surface area contributed by atoms with Crippen molar-refractivity contribution in [2.24, 2.45) is 5.41 Å². The zero-order valence-electron chi connectivity index (χ0n) is 7.59. The topological polar surface area (TPSA) is 34.1 Å². The van der Waals surface area contributed by atoms with Crippen molar-refractivity contribution in [1.29, 1.82) is 0 Å². The summed E-state index contributed by atoms with van der Waals surface area (Å²) in [5.74, 6) is 0.276. The number of Topliss-reactive ketones (excluding diaryl/α,β-unsaturated/α-hetero) is 1. The van der Waals surface area contributed by atoms with E-state index in [9.17, 15) is 9.59 Å². The summed E-state index contributed by atoms with van der Waals surface area (Å²) in [4.78, 5) is 21.7. The Morgan fingerprint density at radius 1 is 1.50 bits per heavy atom.